The lowest BCUT2D eigenvalue weighted by molar-refractivity contribution is 0.0708. The molecule has 0 unspecified atom stereocenters. The van der Waals surface area contributed by atoms with E-state index >= 15 is 0 Å². The summed E-state index contributed by atoms with van der Waals surface area (Å²) in [5.41, 5.74) is 0.546. The summed E-state index contributed by atoms with van der Waals surface area (Å²) in [5, 5.41) is 11.7. The number of carbonyl (C=O) groups is 2. The largest absolute Gasteiger partial charge is 0.339 e. The maximum absolute atomic E-state index is 13.9. The van der Waals surface area contributed by atoms with E-state index in [0.29, 0.717) is 31.6 Å². The Hall–Kier alpha value is -3.20. The fourth-order valence-electron chi connectivity index (χ4n) is 3.34. The Kier molecular flexibility index (Phi) is 5.80. The highest BCUT2D eigenvalue weighted by Crippen LogP contribution is 2.31. The molecule has 0 radical (unpaired) electrons. The van der Waals surface area contributed by atoms with E-state index in [1.807, 2.05) is 0 Å². The average Bonchev–Trinajstić information content (AvgIpc) is 3.26. The Morgan fingerprint density at radius 1 is 1.00 bits per heavy atom. The first-order valence-electron chi connectivity index (χ1n) is 9.45. The average molecular weight is 428 g/mol. The number of rotatable bonds is 4. The predicted molar refractivity (Wildman–Crippen MR) is 109 cm³/mol. The summed E-state index contributed by atoms with van der Waals surface area (Å²) in [6.07, 6.45) is 1.32. The number of likely N-dealkylation sites (tertiary alicyclic amines) is 1. The van der Waals surface area contributed by atoms with Gasteiger partial charge in [0.2, 0.25) is 5.01 Å². The first-order valence-corrected chi connectivity index (χ1v) is 10.3. The molecule has 1 aliphatic rings. The van der Waals surface area contributed by atoms with Gasteiger partial charge < -0.3 is 10.2 Å². The molecule has 0 atom stereocenters. The van der Waals surface area contributed by atoms with Crippen molar-refractivity contribution in [1.29, 1.82) is 0 Å². The second-order valence-corrected chi connectivity index (χ2v) is 7.96. The maximum Gasteiger partial charge on any atom is 0.286 e. The van der Waals surface area contributed by atoms with Crippen molar-refractivity contribution >= 4 is 28.8 Å². The molecule has 0 spiro atoms. The number of halogens is 2. The van der Waals surface area contributed by atoms with E-state index in [-0.39, 0.29) is 28.2 Å². The van der Waals surface area contributed by atoms with Gasteiger partial charge >= 0.3 is 0 Å². The third kappa shape index (κ3) is 4.35. The quantitative estimate of drug-likeness (QED) is 0.679. The number of nitrogens with zero attached hydrogens (tertiary/aromatic N) is 3. The molecule has 30 heavy (non-hydrogen) atoms. The van der Waals surface area contributed by atoms with Crippen LogP contribution in [0.15, 0.2) is 48.5 Å². The molecular weight excluding hydrogens is 410 g/mol. The Balaban J connectivity index is 1.36. The second kappa shape index (κ2) is 8.66. The van der Waals surface area contributed by atoms with Crippen LogP contribution in [0.5, 0.6) is 0 Å². The van der Waals surface area contributed by atoms with Crippen molar-refractivity contribution in [3.8, 4) is 0 Å². The topological polar surface area (TPSA) is 75.2 Å². The van der Waals surface area contributed by atoms with Crippen LogP contribution in [0, 0.1) is 11.6 Å². The number of anilines is 1. The van der Waals surface area contributed by atoms with Crippen LogP contribution in [0.4, 0.5) is 14.5 Å². The van der Waals surface area contributed by atoms with Gasteiger partial charge in [0, 0.05) is 24.7 Å². The molecular formula is C21H18F2N4O2S. The number of aromatic nitrogens is 2. The highest BCUT2D eigenvalue weighted by atomic mass is 32.1. The number of piperidine rings is 1. The van der Waals surface area contributed by atoms with Crippen LogP contribution in [0.2, 0.25) is 0 Å². The molecule has 0 saturated carbocycles. The van der Waals surface area contributed by atoms with Crippen LogP contribution in [0.3, 0.4) is 0 Å². The van der Waals surface area contributed by atoms with Gasteiger partial charge in [0.1, 0.15) is 16.6 Å². The molecule has 1 fully saturated rings. The zero-order chi connectivity index (χ0) is 21.1. The lowest BCUT2D eigenvalue weighted by Gasteiger charge is -2.31. The normalized spacial score (nSPS) is 14.5. The fraction of sp³-hybridized carbons (Fsp3) is 0.238. The minimum absolute atomic E-state index is 0.0756. The summed E-state index contributed by atoms with van der Waals surface area (Å²) in [6, 6.07) is 11.4. The van der Waals surface area contributed by atoms with E-state index in [9.17, 15) is 18.4 Å². The Bertz CT molecular complexity index is 1060. The lowest BCUT2D eigenvalue weighted by atomic mass is 9.97. The van der Waals surface area contributed by atoms with Crippen LogP contribution in [-0.2, 0) is 0 Å². The Labute approximate surface area is 175 Å². The summed E-state index contributed by atoms with van der Waals surface area (Å²) >= 11 is 1.21. The van der Waals surface area contributed by atoms with Gasteiger partial charge in [-0.15, -0.1) is 10.2 Å². The van der Waals surface area contributed by atoms with E-state index in [2.05, 4.69) is 15.5 Å². The number of carbonyl (C=O) groups excluding carboxylic acids is 2. The SMILES string of the molecule is O=C(Nc1ccc(F)cc1)c1nnc(C2CCN(C(=O)c3ccccc3F)CC2)s1. The lowest BCUT2D eigenvalue weighted by Crippen LogP contribution is -2.38. The molecule has 2 aromatic carbocycles. The standard InChI is InChI=1S/C21H18F2N4O2S/c22-14-5-7-15(8-6-14)24-18(28)20-26-25-19(30-20)13-9-11-27(12-10-13)21(29)16-3-1-2-4-17(16)23/h1-8,13H,9-12H2,(H,24,28). The third-order valence-electron chi connectivity index (χ3n) is 4.97. The Morgan fingerprint density at radius 2 is 1.70 bits per heavy atom. The summed E-state index contributed by atoms with van der Waals surface area (Å²) in [4.78, 5) is 26.5. The predicted octanol–water partition coefficient (Wildman–Crippen LogP) is 4.09. The molecule has 3 aromatic rings. The molecule has 1 saturated heterocycles. The summed E-state index contributed by atoms with van der Waals surface area (Å²) in [6.45, 7) is 0.961. The number of hydrogen-bond acceptors (Lipinski definition) is 5. The monoisotopic (exact) mass is 428 g/mol. The molecule has 2 heterocycles. The van der Waals surface area contributed by atoms with Crippen molar-refractivity contribution < 1.29 is 18.4 Å². The van der Waals surface area contributed by atoms with E-state index in [1.165, 1.54) is 47.7 Å². The fourth-order valence-corrected chi connectivity index (χ4v) is 4.25. The molecule has 2 amide bonds. The zero-order valence-corrected chi connectivity index (χ0v) is 16.7. The molecule has 154 valence electrons. The van der Waals surface area contributed by atoms with Gasteiger partial charge in [0.05, 0.1) is 5.56 Å². The summed E-state index contributed by atoms with van der Waals surface area (Å²) in [5.74, 6) is -1.54. The van der Waals surface area contributed by atoms with Crippen LogP contribution < -0.4 is 5.32 Å². The maximum atomic E-state index is 13.9. The van der Waals surface area contributed by atoms with Gasteiger partial charge in [-0.2, -0.15) is 0 Å². The smallest absolute Gasteiger partial charge is 0.286 e. The van der Waals surface area contributed by atoms with Crippen molar-refractivity contribution in [3.63, 3.8) is 0 Å². The molecule has 1 aromatic heterocycles. The molecule has 6 nitrogen and oxygen atoms in total. The van der Waals surface area contributed by atoms with Crippen LogP contribution in [0.25, 0.3) is 0 Å². The number of amides is 2. The van der Waals surface area contributed by atoms with Crippen molar-refractivity contribution in [1.82, 2.24) is 15.1 Å². The number of nitrogens with one attached hydrogen (secondary N) is 1. The van der Waals surface area contributed by atoms with Gasteiger partial charge in [0.15, 0.2) is 0 Å². The first kappa shape index (κ1) is 20.1. The second-order valence-electron chi connectivity index (χ2n) is 6.95. The molecule has 9 heteroatoms. The van der Waals surface area contributed by atoms with E-state index in [1.54, 1.807) is 17.0 Å². The van der Waals surface area contributed by atoms with E-state index in [4.69, 9.17) is 0 Å². The summed E-state index contributed by atoms with van der Waals surface area (Å²) in [7, 11) is 0. The molecule has 4 rings (SSSR count). The number of benzene rings is 2. The van der Waals surface area contributed by atoms with Crippen LogP contribution in [0.1, 0.15) is 43.9 Å². The molecule has 1 N–H and O–H groups in total. The zero-order valence-electron chi connectivity index (χ0n) is 15.8. The molecule has 0 bridgehead atoms. The van der Waals surface area contributed by atoms with Gasteiger partial charge in [-0.1, -0.05) is 23.5 Å². The van der Waals surface area contributed by atoms with E-state index < -0.39 is 11.7 Å². The van der Waals surface area contributed by atoms with Crippen molar-refractivity contribution in [3.05, 3.63) is 75.7 Å². The van der Waals surface area contributed by atoms with Crippen LogP contribution in [-0.4, -0.2) is 40.0 Å². The van der Waals surface area contributed by atoms with Gasteiger partial charge in [0.25, 0.3) is 11.8 Å². The van der Waals surface area contributed by atoms with E-state index in [0.717, 1.165) is 5.01 Å². The highest BCUT2D eigenvalue weighted by molar-refractivity contribution is 7.13. The molecule has 0 aliphatic carbocycles. The third-order valence-corrected chi connectivity index (χ3v) is 6.06. The minimum atomic E-state index is -0.523. The van der Waals surface area contributed by atoms with Gasteiger partial charge in [-0.05, 0) is 49.2 Å². The van der Waals surface area contributed by atoms with Gasteiger partial charge in [-0.25, -0.2) is 8.78 Å². The van der Waals surface area contributed by atoms with Crippen molar-refractivity contribution in [2.45, 2.75) is 18.8 Å². The first-order chi connectivity index (χ1) is 14.5. The van der Waals surface area contributed by atoms with Crippen molar-refractivity contribution in [2.24, 2.45) is 0 Å². The minimum Gasteiger partial charge on any atom is -0.339 e. The number of hydrogen-bond donors (Lipinski definition) is 1. The van der Waals surface area contributed by atoms with Crippen molar-refractivity contribution in [2.75, 3.05) is 18.4 Å². The Morgan fingerprint density at radius 3 is 2.40 bits per heavy atom. The summed E-state index contributed by atoms with van der Waals surface area (Å²) < 4.78 is 26.8. The molecule has 1 aliphatic heterocycles. The van der Waals surface area contributed by atoms with Crippen LogP contribution >= 0.6 is 11.3 Å². The van der Waals surface area contributed by atoms with Gasteiger partial charge in [-0.3, -0.25) is 9.59 Å². The highest BCUT2D eigenvalue weighted by Gasteiger charge is 2.28.